The zero-order chi connectivity index (χ0) is 17.7. The number of rotatable bonds is 7. The van der Waals surface area contributed by atoms with Gasteiger partial charge in [0.25, 0.3) is 0 Å². The molecule has 0 fully saturated rings. The molecule has 0 bridgehead atoms. The molecule has 0 heterocycles. The highest BCUT2D eigenvalue weighted by molar-refractivity contribution is 7.91. The topological polar surface area (TPSA) is 95.5 Å². The molecular formula is C16H26N2O4S. The molecule has 2 amide bonds. The molecule has 0 aliphatic rings. The molecule has 1 rings (SSSR count). The average molecular weight is 342 g/mol. The van der Waals surface area contributed by atoms with Crippen LogP contribution in [0.1, 0.15) is 39.7 Å². The van der Waals surface area contributed by atoms with Gasteiger partial charge >= 0.3 is 6.03 Å². The Balaban J connectivity index is 2.59. The van der Waals surface area contributed by atoms with E-state index in [1.54, 1.807) is 45.0 Å². The fraction of sp³-hybridized carbons (Fsp3) is 0.562. The van der Waals surface area contributed by atoms with Gasteiger partial charge in [0.15, 0.2) is 9.84 Å². The van der Waals surface area contributed by atoms with Crippen molar-refractivity contribution in [2.75, 3.05) is 11.9 Å². The second-order valence-corrected chi connectivity index (χ2v) is 8.77. The molecule has 0 spiro atoms. The first-order valence-electron chi connectivity index (χ1n) is 7.63. The number of urea groups is 1. The van der Waals surface area contributed by atoms with Crippen LogP contribution in [0.25, 0.3) is 0 Å². The lowest BCUT2D eigenvalue weighted by Gasteiger charge is -2.21. The van der Waals surface area contributed by atoms with Crippen LogP contribution in [0.2, 0.25) is 0 Å². The van der Waals surface area contributed by atoms with Crippen LogP contribution in [0.3, 0.4) is 0 Å². The van der Waals surface area contributed by atoms with Crippen molar-refractivity contribution in [2.45, 2.75) is 50.7 Å². The van der Waals surface area contributed by atoms with Gasteiger partial charge in [0.2, 0.25) is 0 Å². The van der Waals surface area contributed by atoms with E-state index in [1.807, 2.05) is 6.92 Å². The van der Waals surface area contributed by atoms with E-state index in [4.69, 9.17) is 0 Å². The standard InChI is InChI=1S/C16H26N2O4S/c1-5-16(4,20)11-17-15(19)18-14-8-6-13(7-9-14)10-23(21,22)12(2)3/h6-9,12,20H,5,10-11H2,1-4H3,(H2,17,18,19)/t16-/m1/s1. The summed E-state index contributed by atoms with van der Waals surface area (Å²) in [6.07, 6.45) is 0.534. The molecule has 1 aromatic carbocycles. The molecule has 3 N–H and O–H groups in total. The monoisotopic (exact) mass is 342 g/mol. The number of carbonyl (C=O) groups is 1. The molecule has 0 unspecified atom stereocenters. The third-order valence-electron chi connectivity index (χ3n) is 3.69. The van der Waals surface area contributed by atoms with Gasteiger partial charge in [-0.25, -0.2) is 13.2 Å². The van der Waals surface area contributed by atoms with Gasteiger partial charge in [-0.05, 0) is 44.9 Å². The summed E-state index contributed by atoms with van der Waals surface area (Å²) >= 11 is 0. The molecule has 0 aliphatic carbocycles. The highest BCUT2D eigenvalue weighted by Gasteiger charge is 2.18. The molecule has 1 aromatic rings. The van der Waals surface area contributed by atoms with E-state index in [-0.39, 0.29) is 12.3 Å². The SMILES string of the molecule is CC[C@@](C)(O)CNC(=O)Nc1ccc(CS(=O)(=O)C(C)C)cc1. The Labute approximate surface area is 138 Å². The van der Waals surface area contributed by atoms with E-state index >= 15 is 0 Å². The molecule has 130 valence electrons. The molecule has 7 heteroatoms. The number of nitrogens with one attached hydrogen (secondary N) is 2. The van der Waals surface area contributed by atoms with E-state index in [2.05, 4.69) is 10.6 Å². The largest absolute Gasteiger partial charge is 0.388 e. The van der Waals surface area contributed by atoms with Gasteiger partial charge in [0.1, 0.15) is 0 Å². The molecule has 0 saturated heterocycles. The van der Waals surface area contributed by atoms with Crippen molar-refractivity contribution >= 4 is 21.6 Å². The number of aliphatic hydroxyl groups is 1. The second-order valence-electron chi connectivity index (χ2n) is 6.21. The highest BCUT2D eigenvalue weighted by Crippen LogP contribution is 2.14. The summed E-state index contributed by atoms with van der Waals surface area (Å²) in [5.41, 5.74) is 0.301. The fourth-order valence-corrected chi connectivity index (χ4v) is 2.64. The van der Waals surface area contributed by atoms with Crippen LogP contribution < -0.4 is 10.6 Å². The summed E-state index contributed by atoms with van der Waals surface area (Å²) in [6, 6.07) is 6.25. The molecule has 23 heavy (non-hydrogen) atoms. The zero-order valence-electron chi connectivity index (χ0n) is 14.1. The van der Waals surface area contributed by atoms with Crippen LogP contribution in [-0.4, -0.2) is 37.0 Å². The molecular weight excluding hydrogens is 316 g/mol. The normalized spacial score (nSPS) is 14.3. The highest BCUT2D eigenvalue weighted by atomic mass is 32.2. The molecule has 6 nitrogen and oxygen atoms in total. The number of hydrogen-bond donors (Lipinski definition) is 3. The predicted octanol–water partition coefficient (Wildman–Crippen LogP) is 2.29. The fourth-order valence-electron chi connectivity index (χ4n) is 1.65. The first-order chi connectivity index (χ1) is 10.6. The van der Waals surface area contributed by atoms with Crippen molar-refractivity contribution in [3.8, 4) is 0 Å². The third-order valence-corrected chi connectivity index (χ3v) is 5.86. The van der Waals surface area contributed by atoms with Gasteiger partial charge in [-0.3, -0.25) is 0 Å². The van der Waals surface area contributed by atoms with Gasteiger partial charge in [0.05, 0.1) is 16.6 Å². The van der Waals surface area contributed by atoms with Crippen LogP contribution in [0, 0.1) is 0 Å². The maximum atomic E-state index is 11.9. The van der Waals surface area contributed by atoms with Crippen LogP contribution in [0.15, 0.2) is 24.3 Å². The van der Waals surface area contributed by atoms with Crippen molar-refractivity contribution in [1.82, 2.24) is 5.32 Å². The van der Waals surface area contributed by atoms with Gasteiger partial charge < -0.3 is 15.7 Å². The summed E-state index contributed by atoms with van der Waals surface area (Å²) < 4.78 is 23.7. The minimum atomic E-state index is -3.14. The van der Waals surface area contributed by atoms with Crippen molar-refractivity contribution in [2.24, 2.45) is 0 Å². The summed E-state index contributed by atoms with van der Waals surface area (Å²) in [4.78, 5) is 11.7. The lowest BCUT2D eigenvalue weighted by Crippen LogP contribution is -2.41. The number of sulfone groups is 1. The summed E-state index contributed by atoms with van der Waals surface area (Å²) in [7, 11) is -3.14. The lowest BCUT2D eigenvalue weighted by atomic mass is 10.0. The summed E-state index contributed by atoms with van der Waals surface area (Å²) in [5.74, 6) is -0.0174. The van der Waals surface area contributed by atoms with Gasteiger partial charge in [-0.15, -0.1) is 0 Å². The number of benzene rings is 1. The minimum Gasteiger partial charge on any atom is -0.388 e. The third kappa shape index (κ3) is 6.58. The summed E-state index contributed by atoms with van der Waals surface area (Å²) in [6.45, 7) is 6.95. The van der Waals surface area contributed by atoms with Crippen molar-refractivity contribution in [1.29, 1.82) is 0 Å². The number of anilines is 1. The van der Waals surface area contributed by atoms with Gasteiger partial charge in [-0.1, -0.05) is 19.1 Å². The van der Waals surface area contributed by atoms with E-state index in [0.717, 1.165) is 0 Å². The Morgan fingerprint density at radius 3 is 2.30 bits per heavy atom. The minimum absolute atomic E-state index is 0.0174. The van der Waals surface area contributed by atoms with Crippen molar-refractivity contribution < 1.29 is 18.3 Å². The van der Waals surface area contributed by atoms with E-state index in [9.17, 15) is 18.3 Å². The lowest BCUT2D eigenvalue weighted by molar-refractivity contribution is 0.0587. The first kappa shape index (κ1) is 19.4. The van der Waals surface area contributed by atoms with Crippen LogP contribution in [-0.2, 0) is 15.6 Å². The van der Waals surface area contributed by atoms with Crippen LogP contribution in [0.4, 0.5) is 10.5 Å². The quantitative estimate of drug-likeness (QED) is 0.708. The van der Waals surface area contributed by atoms with E-state index in [0.29, 0.717) is 17.7 Å². The molecule has 1 atom stereocenters. The van der Waals surface area contributed by atoms with Crippen LogP contribution in [0.5, 0.6) is 0 Å². The van der Waals surface area contributed by atoms with Crippen LogP contribution >= 0.6 is 0 Å². The van der Waals surface area contributed by atoms with Crippen molar-refractivity contribution in [3.63, 3.8) is 0 Å². The Morgan fingerprint density at radius 1 is 1.26 bits per heavy atom. The predicted molar refractivity (Wildman–Crippen MR) is 92.1 cm³/mol. The second kappa shape index (κ2) is 7.79. The Kier molecular flexibility index (Phi) is 6.58. The summed E-state index contributed by atoms with van der Waals surface area (Å²) in [5, 5.41) is 14.6. The van der Waals surface area contributed by atoms with Gasteiger partial charge in [-0.2, -0.15) is 0 Å². The van der Waals surface area contributed by atoms with Crippen molar-refractivity contribution in [3.05, 3.63) is 29.8 Å². The Bertz CT molecular complexity index is 622. The van der Waals surface area contributed by atoms with E-state index < -0.39 is 26.7 Å². The Hall–Kier alpha value is -1.60. The van der Waals surface area contributed by atoms with E-state index in [1.165, 1.54) is 0 Å². The Morgan fingerprint density at radius 2 is 1.83 bits per heavy atom. The first-order valence-corrected chi connectivity index (χ1v) is 9.35. The maximum Gasteiger partial charge on any atom is 0.319 e. The average Bonchev–Trinajstić information content (AvgIpc) is 2.47. The molecule has 0 aromatic heterocycles. The molecule has 0 aliphatic heterocycles. The number of carbonyl (C=O) groups excluding carboxylic acids is 1. The number of amides is 2. The molecule has 0 radical (unpaired) electrons. The smallest absolute Gasteiger partial charge is 0.319 e. The zero-order valence-corrected chi connectivity index (χ0v) is 14.9. The number of hydrogen-bond acceptors (Lipinski definition) is 4. The maximum absolute atomic E-state index is 11.9. The molecule has 0 saturated carbocycles. The van der Waals surface area contributed by atoms with Gasteiger partial charge in [0, 0.05) is 12.2 Å².